The quantitative estimate of drug-likeness (QED) is 0.436. The number of nitrogens with zero attached hydrogens (tertiary/aromatic N) is 4. The van der Waals surface area contributed by atoms with Crippen LogP contribution in [0.25, 0.3) is 6.08 Å². The fraction of sp³-hybridized carbons (Fsp3) is 0.120. The molecule has 9 heteroatoms. The van der Waals surface area contributed by atoms with Crippen molar-refractivity contribution < 1.29 is 4.79 Å². The Morgan fingerprint density at radius 3 is 2.56 bits per heavy atom. The van der Waals surface area contributed by atoms with E-state index >= 15 is 0 Å². The molecular formula is C25H20BrN5O2S. The number of carbonyl (C=O) groups excluding carboxylic acids is 1. The minimum atomic E-state index is -0.607. The van der Waals surface area contributed by atoms with Crippen molar-refractivity contribution in [2.75, 3.05) is 5.32 Å². The molecule has 0 unspecified atom stereocenters. The number of benzene rings is 2. The molecule has 0 radical (unpaired) electrons. The first-order valence-electron chi connectivity index (χ1n) is 10.5. The highest BCUT2D eigenvalue weighted by molar-refractivity contribution is 9.10. The lowest BCUT2D eigenvalue weighted by atomic mass is 9.95. The molecular weight excluding hydrogens is 514 g/mol. The summed E-state index contributed by atoms with van der Waals surface area (Å²) in [4.78, 5) is 32.3. The lowest BCUT2D eigenvalue weighted by molar-refractivity contribution is -0.113. The van der Waals surface area contributed by atoms with Crippen LogP contribution in [0.15, 0.2) is 92.5 Å². The lowest BCUT2D eigenvalue weighted by Gasteiger charge is -2.25. The highest BCUT2D eigenvalue weighted by Crippen LogP contribution is 2.31. The Labute approximate surface area is 207 Å². The molecule has 2 aromatic carbocycles. The largest absolute Gasteiger partial charge is 0.322 e. The third-order valence-electron chi connectivity index (χ3n) is 5.51. The molecule has 0 saturated heterocycles. The van der Waals surface area contributed by atoms with Crippen LogP contribution in [-0.2, 0) is 11.8 Å². The van der Waals surface area contributed by atoms with Crippen LogP contribution < -0.4 is 20.2 Å². The Morgan fingerprint density at radius 1 is 1.15 bits per heavy atom. The summed E-state index contributed by atoms with van der Waals surface area (Å²) in [5.74, 6) is -0.290. The van der Waals surface area contributed by atoms with Crippen molar-refractivity contribution in [1.82, 2.24) is 14.3 Å². The number of thiazole rings is 1. The summed E-state index contributed by atoms with van der Waals surface area (Å²) in [6.07, 6.45) is 5.35. The molecule has 0 spiro atoms. The standard InChI is InChI=1S/C25H20BrN5O2S/c1-15-21(23(32)29-19-6-4-3-5-7-19)22(17-8-10-18(26)11-9-17)31-24(33)20(34-25(31)28-15)12-16-13-27-30(2)14-16/h3-14,22H,1-2H3,(H,29,32)/b20-12+/t22-/m0/s1. The number of rotatable bonds is 4. The molecule has 1 aliphatic rings. The van der Waals surface area contributed by atoms with Crippen molar-refractivity contribution in [1.29, 1.82) is 0 Å². The molecule has 0 aliphatic carbocycles. The maximum atomic E-state index is 13.6. The van der Waals surface area contributed by atoms with E-state index in [1.165, 1.54) is 11.3 Å². The third-order valence-corrected chi connectivity index (χ3v) is 7.02. The monoisotopic (exact) mass is 533 g/mol. The van der Waals surface area contributed by atoms with Gasteiger partial charge in [0.15, 0.2) is 4.80 Å². The van der Waals surface area contributed by atoms with Gasteiger partial charge < -0.3 is 5.32 Å². The highest BCUT2D eigenvalue weighted by Gasteiger charge is 2.32. The summed E-state index contributed by atoms with van der Waals surface area (Å²) in [5.41, 5.74) is 3.15. The fourth-order valence-electron chi connectivity index (χ4n) is 3.96. The number of para-hydroxylation sites is 1. The molecule has 0 saturated carbocycles. The summed E-state index contributed by atoms with van der Waals surface area (Å²) in [5, 5.41) is 7.13. The smallest absolute Gasteiger partial charge is 0.271 e. The molecule has 170 valence electrons. The number of aromatic nitrogens is 3. The molecule has 0 bridgehead atoms. The molecule has 0 fully saturated rings. The number of hydrogen-bond acceptors (Lipinski definition) is 5. The van der Waals surface area contributed by atoms with Crippen LogP contribution in [0.5, 0.6) is 0 Å². The number of carbonyl (C=O) groups is 1. The van der Waals surface area contributed by atoms with Gasteiger partial charge in [-0.3, -0.25) is 18.8 Å². The molecule has 4 aromatic rings. The van der Waals surface area contributed by atoms with Gasteiger partial charge in [-0.2, -0.15) is 5.10 Å². The second-order valence-electron chi connectivity index (χ2n) is 7.90. The van der Waals surface area contributed by atoms with Crippen molar-refractivity contribution in [2.24, 2.45) is 12.0 Å². The first-order chi connectivity index (χ1) is 16.4. The van der Waals surface area contributed by atoms with E-state index in [9.17, 15) is 9.59 Å². The van der Waals surface area contributed by atoms with Crippen molar-refractivity contribution >= 4 is 44.9 Å². The maximum Gasteiger partial charge on any atom is 0.271 e. The summed E-state index contributed by atoms with van der Waals surface area (Å²) in [6, 6.07) is 16.3. The summed E-state index contributed by atoms with van der Waals surface area (Å²) < 4.78 is 4.75. The predicted molar refractivity (Wildman–Crippen MR) is 136 cm³/mol. The molecule has 1 amide bonds. The fourth-order valence-corrected chi connectivity index (χ4v) is 5.27. The molecule has 2 aromatic heterocycles. The maximum absolute atomic E-state index is 13.6. The lowest BCUT2D eigenvalue weighted by Crippen LogP contribution is -2.40. The molecule has 1 N–H and O–H groups in total. The SMILES string of the molecule is CC1=C(C(=O)Nc2ccccc2)[C@H](c2ccc(Br)cc2)n2c(s/c(=C/c3cnn(C)c3)c2=O)=N1. The van der Waals surface area contributed by atoms with E-state index in [1.54, 1.807) is 21.5 Å². The number of aryl methyl sites for hydroxylation is 1. The van der Waals surface area contributed by atoms with Crippen LogP contribution in [0.1, 0.15) is 24.1 Å². The van der Waals surface area contributed by atoms with E-state index < -0.39 is 6.04 Å². The van der Waals surface area contributed by atoms with E-state index in [0.717, 1.165) is 15.6 Å². The van der Waals surface area contributed by atoms with Gasteiger partial charge in [-0.15, -0.1) is 0 Å². The van der Waals surface area contributed by atoms with Gasteiger partial charge in [0, 0.05) is 29.0 Å². The van der Waals surface area contributed by atoms with E-state index in [0.29, 0.717) is 26.3 Å². The molecule has 7 nitrogen and oxygen atoms in total. The van der Waals surface area contributed by atoms with Crippen LogP contribution in [0, 0.1) is 0 Å². The van der Waals surface area contributed by atoms with Gasteiger partial charge in [0.2, 0.25) is 0 Å². The van der Waals surface area contributed by atoms with E-state index in [-0.39, 0.29) is 11.5 Å². The molecule has 3 heterocycles. The summed E-state index contributed by atoms with van der Waals surface area (Å²) in [6.45, 7) is 1.81. The Kier molecular flexibility index (Phi) is 5.89. The second kappa shape index (κ2) is 9.00. The van der Waals surface area contributed by atoms with Gasteiger partial charge >= 0.3 is 0 Å². The van der Waals surface area contributed by atoms with Gasteiger partial charge in [-0.1, -0.05) is 57.6 Å². The van der Waals surface area contributed by atoms with Crippen LogP contribution in [0.4, 0.5) is 5.69 Å². The molecule has 1 aliphatic heterocycles. The first kappa shape index (κ1) is 22.2. The number of nitrogens with one attached hydrogen (secondary N) is 1. The highest BCUT2D eigenvalue weighted by atomic mass is 79.9. The third kappa shape index (κ3) is 4.20. The number of amides is 1. The topological polar surface area (TPSA) is 81.3 Å². The number of hydrogen-bond donors (Lipinski definition) is 1. The molecule has 5 rings (SSSR count). The van der Waals surface area contributed by atoms with Crippen LogP contribution in [0.3, 0.4) is 0 Å². The van der Waals surface area contributed by atoms with Crippen LogP contribution in [0.2, 0.25) is 0 Å². The zero-order valence-electron chi connectivity index (χ0n) is 18.4. The van der Waals surface area contributed by atoms with Gasteiger partial charge in [-0.05, 0) is 42.8 Å². The second-order valence-corrected chi connectivity index (χ2v) is 9.83. The van der Waals surface area contributed by atoms with Gasteiger partial charge in [0.25, 0.3) is 11.5 Å². The van der Waals surface area contributed by atoms with Crippen LogP contribution >= 0.6 is 27.3 Å². The summed E-state index contributed by atoms with van der Waals surface area (Å²) in [7, 11) is 1.83. The Hall–Kier alpha value is -3.56. The predicted octanol–water partition coefficient (Wildman–Crippen LogP) is 3.37. The van der Waals surface area contributed by atoms with E-state index in [2.05, 4.69) is 31.3 Å². The first-order valence-corrected chi connectivity index (χ1v) is 12.1. The minimum absolute atomic E-state index is 0.196. The van der Waals surface area contributed by atoms with E-state index in [4.69, 9.17) is 0 Å². The normalized spacial score (nSPS) is 15.7. The minimum Gasteiger partial charge on any atom is -0.322 e. The van der Waals surface area contributed by atoms with Gasteiger partial charge in [0.05, 0.1) is 28.0 Å². The number of fused-ring (bicyclic) bond motifs is 1. The van der Waals surface area contributed by atoms with Crippen LogP contribution in [-0.4, -0.2) is 20.3 Å². The average Bonchev–Trinajstić information content (AvgIpc) is 3.36. The average molecular weight is 534 g/mol. The number of allylic oxidation sites excluding steroid dienone is 1. The zero-order valence-corrected chi connectivity index (χ0v) is 20.8. The van der Waals surface area contributed by atoms with E-state index in [1.807, 2.05) is 74.8 Å². The van der Waals surface area contributed by atoms with Crippen molar-refractivity contribution in [3.05, 3.63) is 114 Å². The molecule has 1 atom stereocenters. The van der Waals surface area contributed by atoms with Crippen molar-refractivity contribution in [3.8, 4) is 0 Å². The molecule has 34 heavy (non-hydrogen) atoms. The zero-order chi connectivity index (χ0) is 23.8. The summed E-state index contributed by atoms with van der Waals surface area (Å²) >= 11 is 4.77. The Balaban J connectivity index is 1.68. The van der Waals surface area contributed by atoms with Gasteiger partial charge in [-0.25, -0.2) is 4.99 Å². The Morgan fingerprint density at radius 2 is 1.88 bits per heavy atom. The van der Waals surface area contributed by atoms with Gasteiger partial charge in [0.1, 0.15) is 0 Å². The number of anilines is 1. The Bertz CT molecular complexity index is 1600. The van der Waals surface area contributed by atoms with Crippen molar-refractivity contribution in [3.63, 3.8) is 0 Å². The number of halogens is 1. The van der Waals surface area contributed by atoms with Crippen molar-refractivity contribution in [2.45, 2.75) is 13.0 Å².